The second-order valence-corrected chi connectivity index (χ2v) is 8.34. The summed E-state index contributed by atoms with van der Waals surface area (Å²) in [4.78, 5) is 26.8. The maximum absolute atomic E-state index is 13.4. The second-order valence-electron chi connectivity index (χ2n) is 8.34. The van der Waals surface area contributed by atoms with Crippen molar-refractivity contribution < 1.29 is 13.9 Å². The standard InChI is InChI=1S/C23H28N6O3/c1-31-16-20-18(22(30)28-12-10-27(11-13-28)17-5-2-3-6-17)15-25-29(20)23-24-9-8-19(26-23)21-7-4-14-32-21/h4,7-9,14-15,17H,2-3,5-6,10-13,16H2,1H3. The van der Waals surface area contributed by atoms with Crippen LogP contribution in [0, 0.1) is 0 Å². The summed E-state index contributed by atoms with van der Waals surface area (Å²) >= 11 is 0. The number of methoxy groups -OCH3 is 1. The number of carbonyl (C=O) groups excluding carboxylic acids is 1. The van der Waals surface area contributed by atoms with Gasteiger partial charge in [0, 0.05) is 45.5 Å². The second kappa shape index (κ2) is 9.22. The number of hydrogen-bond donors (Lipinski definition) is 0. The van der Waals surface area contributed by atoms with Gasteiger partial charge in [0.2, 0.25) is 0 Å². The Bertz CT molecular complexity index is 1050. The van der Waals surface area contributed by atoms with Crippen LogP contribution in [-0.4, -0.2) is 74.8 Å². The van der Waals surface area contributed by atoms with Crippen molar-refractivity contribution >= 4 is 5.91 Å². The molecule has 4 heterocycles. The molecule has 5 rings (SSSR count). The van der Waals surface area contributed by atoms with Crippen LogP contribution in [0.25, 0.3) is 17.4 Å². The van der Waals surface area contributed by atoms with Crippen LogP contribution in [0.1, 0.15) is 41.7 Å². The number of carbonyl (C=O) groups is 1. The summed E-state index contributed by atoms with van der Waals surface area (Å²) in [6, 6.07) is 6.12. The maximum atomic E-state index is 13.4. The van der Waals surface area contributed by atoms with Crippen molar-refractivity contribution in [2.24, 2.45) is 0 Å². The first-order valence-corrected chi connectivity index (χ1v) is 11.2. The van der Waals surface area contributed by atoms with E-state index in [0.717, 1.165) is 26.2 Å². The number of ether oxygens (including phenoxy) is 1. The highest BCUT2D eigenvalue weighted by atomic mass is 16.5. The minimum absolute atomic E-state index is 0.0171. The molecule has 1 saturated carbocycles. The Labute approximate surface area is 187 Å². The van der Waals surface area contributed by atoms with Crippen LogP contribution in [0.4, 0.5) is 0 Å². The van der Waals surface area contributed by atoms with Gasteiger partial charge >= 0.3 is 0 Å². The quantitative estimate of drug-likeness (QED) is 0.587. The average Bonchev–Trinajstić information content (AvgIpc) is 3.61. The van der Waals surface area contributed by atoms with E-state index in [4.69, 9.17) is 9.15 Å². The van der Waals surface area contributed by atoms with Crippen LogP contribution in [0.15, 0.2) is 41.3 Å². The van der Waals surface area contributed by atoms with Gasteiger partial charge in [0.15, 0.2) is 5.76 Å². The van der Waals surface area contributed by atoms with Crippen LogP contribution in [0.3, 0.4) is 0 Å². The molecule has 0 spiro atoms. The van der Waals surface area contributed by atoms with E-state index in [2.05, 4.69) is 20.0 Å². The van der Waals surface area contributed by atoms with E-state index in [1.54, 1.807) is 36.5 Å². The predicted octanol–water partition coefficient (Wildman–Crippen LogP) is 2.77. The third kappa shape index (κ3) is 4.05. The van der Waals surface area contributed by atoms with Crippen molar-refractivity contribution in [3.05, 3.63) is 48.1 Å². The van der Waals surface area contributed by atoms with Crippen molar-refractivity contribution in [3.8, 4) is 17.4 Å². The minimum Gasteiger partial charge on any atom is -0.463 e. The first-order valence-electron chi connectivity index (χ1n) is 11.2. The number of piperazine rings is 1. The number of rotatable bonds is 6. The van der Waals surface area contributed by atoms with Crippen molar-refractivity contribution in [2.75, 3.05) is 33.3 Å². The molecular formula is C23H28N6O3. The summed E-state index contributed by atoms with van der Waals surface area (Å²) < 4.78 is 12.4. The fourth-order valence-corrected chi connectivity index (χ4v) is 4.74. The van der Waals surface area contributed by atoms with Crippen LogP contribution in [-0.2, 0) is 11.3 Å². The molecule has 0 radical (unpaired) electrons. The number of furan rings is 1. The Kier molecular flexibility index (Phi) is 6.00. The normalized spacial score (nSPS) is 17.8. The number of hydrogen-bond acceptors (Lipinski definition) is 7. The smallest absolute Gasteiger partial charge is 0.257 e. The van der Waals surface area contributed by atoms with Crippen LogP contribution in [0.5, 0.6) is 0 Å². The van der Waals surface area contributed by atoms with Gasteiger partial charge in [-0.3, -0.25) is 9.69 Å². The zero-order valence-corrected chi connectivity index (χ0v) is 18.3. The Morgan fingerprint density at radius 3 is 2.72 bits per heavy atom. The van der Waals surface area contributed by atoms with E-state index < -0.39 is 0 Å². The molecule has 0 bridgehead atoms. The lowest BCUT2D eigenvalue weighted by atomic mass is 10.1. The molecule has 168 valence electrons. The van der Waals surface area contributed by atoms with E-state index in [-0.39, 0.29) is 12.5 Å². The van der Waals surface area contributed by atoms with Gasteiger partial charge in [0.25, 0.3) is 11.9 Å². The van der Waals surface area contributed by atoms with Crippen LogP contribution in [0.2, 0.25) is 0 Å². The van der Waals surface area contributed by atoms with Gasteiger partial charge in [-0.2, -0.15) is 9.78 Å². The fraction of sp³-hybridized carbons (Fsp3) is 0.478. The first kappa shape index (κ1) is 20.8. The number of amides is 1. The maximum Gasteiger partial charge on any atom is 0.257 e. The molecule has 1 aliphatic heterocycles. The topological polar surface area (TPSA) is 89.5 Å². The van der Waals surface area contributed by atoms with Crippen LogP contribution >= 0.6 is 0 Å². The molecule has 0 unspecified atom stereocenters. The zero-order chi connectivity index (χ0) is 21.9. The van der Waals surface area contributed by atoms with E-state index in [1.165, 1.54) is 25.7 Å². The molecule has 32 heavy (non-hydrogen) atoms. The molecule has 2 aliphatic rings. The summed E-state index contributed by atoms with van der Waals surface area (Å²) in [5.74, 6) is 0.998. The first-order chi connectivity index (χ1) is 15.7. The Hall–Kier alpha value is -3.04. The minimum atomic E-state index is -0.0171. The molecular weight excluding hydrogens is 408 g/mol. The van der Waals surface area contributed by atoms with Crippen molar-refractivity contribution in [1.82, 2.24) is 29.5 Å². The molecule has 3 aromatic heterocycles. The molecule has 1 aliphatic carbocycles. The number of aromatic nitrogens is 4. The summed E-state index contributed by atoms with van der Waals surface area (Å²) in [6.45, 7) is 3.56. The van der Waals surface area contributed by atoms with E-state index in [1.807, 2.05) is 17.0 Å². The molecule has 0 N–H and O–H groups in total. The van der Waals surface area contributed by atoms with E-state index in [0.29, 0.717) is 34.7 Å². The largest absolute Gasteiger partial charge is 0.463 e. The Balaban J connectivity index is 1.36. The summed E-state index contributed by atoms with van der Waals surface area (Å²) in [5.41, 5.74) is 1.83. The average molecular weight is 437 g/mol. The fourth-order valence-electron chi connectivity index (χ4n) is 4.74. The van der Waals surface area contributed by atoms with Gasteiger partial charge in [-0.05, 0) is 31.0 Å². The molecule has 1 amide bonds. The lowest BCUT2D eigenvalue weighted by Gasteiger charge is -2.38. The van der Waals surface area contributed by atoms with Gasteiger partial charge in [0.05, 0.1) is 30.3 Å². The highest BCUT2D eigenvalue weighted by Crippen LogP contribution is 2.25. The molecule has 0 atom stereocenters. The molecule has 1 saturated heterocycles. The summed E-state index contributed by atoms with van der Waals surface area (Å²) in [5, 5.41) is 4.44. The SMILES string of the molecule is COCc1c(C(=O)N2CCN(C3CCCC3)CC2)cnn1-c1nccc(-c2ccco2)n1. The molecule has 9 nitrogen and oxygen atoms in total. The predicted molar refractivity (Wildman–Crippen MR) is 117 cm³/mol. The Morgan fingerprint density at radius 2 is 2.00 bits per heavy atom. The molecule has 0 aromatic carbocycles. The zero-order valence-electron chi connectivity index (χ0n) is 18.3. The van der Waals surface area contributed by atoms with E-state index in [9.17, 15) is 4.79 Å². The molecule has 2 fully saturated rings. The highest BCUT2D eigenvalue weighted by molar-refractivity contribution is 5.95. The monoisotopic (exact) mass is 436 g/mol. The lowest BCUT2D eigenvalue weighted by Crippen LogP contribution is -2.51. The van der Waals surface area contributed by atoms with E-state index >= 15 is 0 Å². The van der Waals surface area contributed by atoms with Crippen molar-refractivity contribution in [3.63, 3.8) is 0 Å². The van der Waals surface area contributed by atoms with Gasteiger partial charge in [0.1, 0.15) is 5.69 Å². The third-order valence-electron chi connectivity index (χ3n) is 6.43. The van der Waals surface area contributed by atoms with Gasteiger partial charge < -0.3 is 14.1 Å². The van der Waals surface area contributed by atoms with Gasteiger partial charge in [-0.1, -0.05) is 12.8 Å². The third-order valence-corrected chi connectivity index (χ3v) is 6.43. The van der Waals surface area contributed by atoms with Crippen molar-refractivity contribution in [1.29, 1.82) is 0 Å². The molecule has 9 heteroatoms. The Morgan fingerprint density at radius 1 is 1.19 bits per heavy atom. The van der Waals surface area contributed by atoms with Crippen LogP contribution < -0.4 is 0 Å². The summed E-state index contributed by atoms with van der Waals surface area (Å²) in [6.07, 6.45) is 10.1. The van der Waals surface area contributed by atoms with Gasteiger partial charge in [-0.15, -0.1) is 0 Å². The number of nitrogens with zero attached hydrogens (tertiary/aromatic N) is 6. The summed E-state index contributed by atoms with van der Waals surface area (Å²) in [7, 11) is 1.60. The van der Waals surface area contributed by atoms with Crippen molar-refractivity contribution in [2.45, 2.75) is 38.3 Å². The van der Waals surface area contributed by atoms with Gasteiger partial charge in [-0.25, -0.2) is 9.97 Å². The lowest BCUT2D eigenvalue weighted by molar-refractivity contribution is 0.0569. The highest BCUT2D eigenvalue weighted by Gasteiger charge is 2.30. The molecule has 3 aromatic rings.